The van der Waals surface area contributed by atoms with Gasteiger partial charge in [0.1, 0.15) is 11.5 Å². The fourth-order valence-corrected chi connectivity index (χ4v) is 1.32. The van der Waals surface area contributed by atoms with Crippen molar-refractivity contribution in [2.45, 2.75) is 40.5 Å². The molecular weight excluding hydrogens is 172 g/mol. The second kappa shape index (κ2) is 3.99. The van der Waals surface area contributed by atoms with Crippen molar-refractivity contribution in [2.75, 3.05) is 0 Å². The van der Waals surface area contributed by atoms with Gasteiger partial charge in [0.2, 0.25) is 0 Å². The van der Waals surface area contributed by atoms with E-state index >= 15 is 0 Å². The topological polar surface area (TPSA) is 13.1 Å². The van der Waals surface area contributed by atoms with Gasteiger partial charge < -0.3 is 4.42 Å². The summed E-state index contributed by atoms with van der Waals surface area (Å²) in [6, 6.07) is 0. The maximum absolute atomic E-state index is 5.61. The summed E-state index contributed by atoms with van der Waals surface area (Å²) < 4.78 is 5.61. The molecule has 2 heteroatoms. The molecule has 0 saturated carbocycles. The third-order valence-electron chi connectivity index (χ3n) is 2.25. The molecule has 0 atom stereocenters. The standard InChI is InChI=1S/C10H16O.ClH/c1-6(2)10-8(4)7(3)9(5)11-10;/h6H,1-5H3;1H. The third kappa shape index (κ3) is 1.84. The zero-order valence-corrected chi connectivity index (χ0v) is 9.21. The Balaban J connectivity index is 0.00000121. The van der Waals surface area contributed by atoms with E-state index in [1.54, 1.807) is 0 Å². The zero-order valence-electron chi connectivity index (χ0n) is 8.39. The average molecular weight is 189 g/mol. The van der Waals surface area contributed by atoms with E-state index in [1.807, 2.05) is 6.92 Å². The van der Waals surface area contributed by atoms with Crippen LogP contribution in [-0.2, 0) is 0 Å². The third-order valence-corrected chi connectivity index (χ3v) is 2.25. The van der Waals surface area contributed by atoms with Crippen LogP contribution in [0.3, 0.4) is 0 Å². The first-order valence-corrected chi connectivity index (χ1v) is 4.10. The fourth-order valence-electron chi connectivity index (χ4n) is 1.32. The van der Waals surface area contributed by atoms with Crippen molar-refractivity contribution >= 4 is 12.4 Å². The maximum Gasteiger partial charge on any atom is 0.109 e. The van der Waals surface area contributed by atoms with Crippen molar-refractivity contribution < 1.29 is 4.42 Å². The van der Waals surface area contributed by atoms with Gasteiger partial charge in [0.15, 0.2) is 0 Å². The van der Waals surface area contributed by atoms with Gasteiger partial charge in [-0.2, -0.15) is 0 Å². The Hall–Kier alpha value is -0.430. The molecular formula is C10H17ClO. The number of hydrogen-bond donors (Lipinski definition) is 0. The molecule has 0 bridgehead atoms. The van der Waals surface area contributed by atoms with Gasteiger partial charge >= 0.3 is 0 Å². The molecule has 1 nitrogen and oxygen atoms in total. The van der Waals surface area contributed by atoms with Crippen LogP contribution >= 0.6 is 12.4 Å². The van der Waals surface area contributed by atoms with Crippen molar-refractivity contribution in [1.82, 2.24) is 0 Å². The first kappa shape index (κ1) is 11.6. The molecule has 0 aliphatic carbocycles. The molecule has 0 fully saturated rings. The zero-order chi connectivity index (χ0) is 8.59. The van der Waals surface area contributed by atoms with Crippen molar-refractivity contribution in [3.63, 3.8) is 0 Å². The lowest BCUT2D eigenvalue weighted by Crippen LogP contribution is -1.86. The number of halogens is 1. The molecule has 70 valence electrons. The average Bonchev–Trinajstić information content (AvgIpc) is 2.17. The first-order chi connectivity index (χ1) is 5.04. The van der Waals surface area contributed by atoms with Gasteiger partial charge in [-0.05, 0) is 31.9 Å². The van der Waals surface area contributed by atoms with E-state index in [1.165, 1.54) is 11.1 Å². The molecule has 1 aromatic rings. The highest BCUT2D eigenvalue weighted by atomic mass is 35.5. The van der Waals surface area contributed by atoms with Crippen LogP contribution < -0.4 is 0 Å². The summed E-state index contributed by atoms with van der Waals surface area (Å²) >= 11 is 0. The molecule has 0 aromatic carbocycles. The highest BCUT2D eigenvalue weighted by Gasteiger charge is 2.12. The van der Waals surface area contributed by atoms with Gasteiger partial charge in [0, 0.05) is 5.92 Å². The summed E-state index contributed by atoms with van der Waals surface area (Å²) in [7, 11) is 0. The summed E-state index contributed by atoms with van der Waals surface area (Å²) in [5, 5.41) is 0. The van der Waals surface area contributed by atoms with Crippen molar-refractivity contribution in [3.8, 4) is 0 Å². The smallest absolute Gasteiger partial charge is 0.109 e. The molecule has 0 aliphatic rings. The molecule has 0 amide bonds. The minimum absolute atomic E-state index is 0. The largest absolute Gasteiger partial charge is 0.466 e. The van der Waals surface area contributed by atoms with Crippen LogP contribution in [0.1, 0.15) is 42.4 Å². The molecule has 0 radical (unpaired) electrons. The lowest BCUT2D eigenvalue weighted by Gasteiger charge is -2.00. The Kier molecular flexibility index (Phi) is 3.85. The van der Waals surface area contributed by atoms with E-state index in [9.17, 15) is 0 Å². The van der Waals surface area contributed by atoms with Crippen LogP contribution in [0.5, 0.6) is 0 Å². The number of rotatable bonds is 1. The first-order valence-electron chi connectivity index (χ1n) is 4.10. The van der Waals surface area contributed by atoms with Crippen LogP contribution in [-0.4, -0.2) is 0 Å². The van der Waals surface area contributed by atoms with E-state index in [0.717, 1.165) is 11.5 Å². The summed E-state index contributed by atoms with van der Waals surface area (Å²) in [6.45, 7) is 10.6. The van der Waals surface area contributed by atoms with Crippen LogP contribution in [0, 0.1) is 20.8 Å². The van der Waals surface area contributed by atoms with E-state index in [4.69, 9.17) is 4.42 Å². The summed E-state index contributed by atoms with van der Waals surface area (Å²) in [4.78, 5) is 0. The summed E-state index contributed by atoms with van der Waals surface area (Å²) in [5.74, 6) is 2.70. The Morgan fingerprint density at radius 3 is 1.67 bits per heavy atom. The Bertz CT molecular complexity index is 261. The molecule has 0 aliphatic heterocycles. The van der Waals surface area contributed by atoms with Gasteiger partial charge in [-0.15, -0.1) is 12.4 Å². The van der Waals surface area contributed by atoms with Gasteiger partial charge in [-0.1, -0.05) is 13.8 Å². The fraction of sp³-hybridized carbons (Fsp3) is 0.600. The van der Waals surface area contributed by atoms with E-state index in [2.05, 4.69) is 27.7 Å². The van der Waals surface area contributed by atoms with Crippen LogP contribution in [0.25, 0.3) is 0 Å². The van der Waals surface area contributed by atoms with E-state index in [-0.39, 0.29) is 12.4 Å². The van der Waals surface area contributed by atoms with E-state index in [0.29, 0.717) is 5.92 Å². The van der Waals surface area contributed by atoms with Gasteiger partial charge in [-0.25, -0.2) is 0 Å². The number of hydrogen-bond acceptors (Lipinski definition) is 1. The molecule has 1 rings (SSSR count). The second-order valence-electron chi connectivity index (χ2n) is 3.43. The number of aryl methyl sites for hydroxylation is 1. The Morgan fingerprint density at radius 1 is 1.00 bits per heavy atom. The minimum atomic E-state index is 0. The molecule has 1 heterocycles. The molecule has 0 saturated heterocycles. The number of furan rings is 1. The normalized spacial score (nSPS) is 10.2. The van der Waals surface area contributed by atoms with Crippen LogP contribution in [0.4, 0.5) is 0 Å². The minimum Gasteiger partial charge on any atom is -0.466 e. The SMILES string of the molecule is Cc1oc(C(C)C)c(C)c1C.Cl. The molecule has 0 spiro atoms. The monoisotopic (exact) mass is 188 g/mol. The maximum atomic E-state index is 5.61. The van der Waals surface area contributed by atoms with Crippen molar-refractivity contribution in [2.24, 2.45) is 0 Å². The Morgan fingerprint density at radius 2 is 1.50 bits per heavy atom. The lowest BCUT2D eigenvalue weighted by molar-refractivity contribution is 0.460. The lowest BCUT2D eigenvalue weighted by atomic mass is 10.1. The van der Waals surface area contributed by atoms with Crippen molar-refractivity contribution in [1.29, 1.82) is 0 Å². The summed E-state index contributed by atoms with van der Waals surface area (Å²) in [6.07, 6.45) is 0. The predicted octanol–water partition coefficient (Wildman–Crippen LogP) is 3.75. The Labute approximate surface area is 80.6 Å². The van der Waals surface area contributed by atoms with Gasteiger partial charge in [-0.3, -0.25) is 0 Å². The quantitative estimate of drug-likeness (QED) is 0.654. The highest BCUT2D eigenvalue weighted by molar-refractivity contribution is 5.85. The molecule has 0 unspecified atom stereocenters. The predicted molar refractivity (Wildman–Crippen MR) is 54.3 cm³/mol. The van der Waals surface area contributed by atoms with Crippen LogP contribution in [0.2, 0.25) is 0 Å². The van der Waals surface area contributed by atoms with E-state index < -0.39 is 0 Å². The van der Waals surface area contributed by atoms with Gasteiger partial charge in [0.05, 0.1) is 0 Å². The highest BCUT2D eigenvalue weighted by Crippen LogP contribution is 2.26. The van der Waals surface area contributed by atoms with Crippen molar-refractivity contribution in [3.05, 3.63) is 22.6 Å². The van der Waals surface area contributed by atoms with Gasteiger partial charge in [0.25, 0.3) is 0 Å². The molecule has 1 aromatic heterocycles. The molecule has 0 N–H and O–H groups in total. The van der Waals surface area contributed by atoms with Crippen LogP contribution in [0.15, 0.2) is 4.42 Å². The molecule has 12 heavy (non-hydrogen) atoms. The summed E-state index contributed by atoms with van der Waals surface area (Å²) in [5.41, 5.74) is 2.62. The second-order valence-corrected chi connectivity index (χ2v) is 3.43.